The summed E-state index contributed by atoms with van der Waals surface area (Å²) in [4.78, 5) is 28.8. The summed E-state index contributed by atoms with van der Waals surface area (Å²) >= 11 is 1.52. The normalized spacial score (nSPS) is 14.9. The van der Waals surface area contributed by atoms with E-state index in [1.165, 1.54) is 11.3 Å². The van der Waals surface area contributed by atoms with Crippen molar-refractivity contribution in [2.24, 2.45) is 0 Å². The number of hydrogen-bond acceptors (Lipinski definition) is 4. The van der Waals surface area contributed by atoms with E-state index in [9.17, 15) is 9.59 Å². The van der Waals surface area contributed by atoms with Gasteiger partial charge in [-0.25, -0.2) is 0 Å². The van der Waals surface area contributed by atoms with E-state index in [0.29, 0.717) is 19.6 Å². The first kappa shape index (κ1) is 18.5. The van der Waals surface area contributed by atoms with Gasteiger partial charge in [0.15, 0.2) is 0 Å². The highest BCUT2D eigenvalue weighted by molar-refractivity contribution is 7.08. The van der Waals surface area contributed by atoms with Gasteiger partial charge in [-0.05, 0) is 43.3 Å². The van der Waals surface area contributed by atoms with Gasteiger partial charge < -0.3 is 15.1 Å². The van der Waals surface area contributed by atoms with Gasteiger partial charge >= 0.3 is 0 Å². The second-order valence-corrected chi connectivity index (χ2v) is 7.27. The standard InChI is InChI=1S/C20H25N3O2S/c1-2-22(18-6-4-3-5-7-18)14-19(24)23-11-8-17(9-12-23)21-20(25)16-10-13-26-15-16/h3-7,10,13,15,17H,2,8-9,11-12,14H2,1H3,(H,21,25). The zero-order valence-electron chi connectivity index (χ0n) is 15.1. The summed E-state index contributed by atoms with van der Waals surface area (Å²) in [7, 11) is 0. The minimum atomic E-state index is -0.0164. The largest absolute Gasteiger partial charge is 0.362 e. The van der Waals surface area contributed by atoms with E-state index in [1.54, 1.807) is 0 Å². The van der Waals surface area contributed by atoms with Crippen LogP contribution in [-0.2, 0) is 4.79 Å². The fourth-order valence-electron chi connectivity index (χ4n) is 3.22. The van der Waals surface area contributed by atoms with Crippen LogP contribution < -0.4 is 10.2 Å². The fraction of sp³-hybridized carbons (Fsp3) is 0.400. The van der Waals surface area contributed by atoms with Crippen LogP contribution in [-0.4, -0.2) is 48.9 Å². The molecule has 1 N–H and O–H groups in total. The third-order valence-corrected chi connectivity index (χ3v) is 5.48. The number of nitrogens with zero attached hydrogens (tertiary/aromatic N) is 2. The smallest absolute Gasteiger partial charge is 0.252 e. The Kier molecular flexibility index (Phi) is 6.28. The first-order valence-corrected chi connectivity index (χ1v) is 10.0. The summed E-state index contributed by atoms with van der Waals surface area (Å²) in [6.45, 7) is 4.64. The number of carbonyl (C=O) groups excluding carboxylic acids is 2. The zero-order valence-corrected chi connectivity index (χ0v) is 15.9. The van der Waals surface area contributed by atoms with Gasteiger partial charge in [0.05, 0.1) is 6.54 Å². The molecule has 2 heterocycles. The van der Waals surface area contributed by atoms with Crippen molar-refractivity contribution in [1.29, 1.82) is 0 Å². The summed E-state index contributed by atoms with van der Waals surface area (Å²) in [6.07, 6.45) is 1.61. The molecule has 0 radical (unpaired) electrons. The summed E-state index contributed by atoms with van der Waals surface area (Å²) in [5.74, 6) is 0.135. The number of nitrogens with one attached hydrogen (secondary N) is 1. The van der Waals surface area contributed by atoms with Crippen molar-refractivity contribution in [2.45, 2.75) is 25.8 Å². The molecule has 1 fully saturated rings. The van der Waals surface area contributed by atoms with E-state index in [2.05, 4.69) is 17.1 Å². The molecule has 0 spiro atoms. The Morgan fingerprint density at radius 1 is 1.19 bits per heavy atom. The lowest BCUT2D eigenvalue weighted by atomic mass is 10.0. The molecule has 6 heteroatoms. The molecular weight excluding hydrogens is 346 g/mol. The summed E-state index contributed by atoms with van der Waals surface area (Å²) in [5, 5.41) is 6.84. The van der Waals surface area contributed by atoms with Crippen LogP contribution in [0.25, 0.3) is 0 Å². The number of thiophene rings is 1. The first-order valence-electron chi connectivity index (χ1n) is 9.08. The Labute approximate surface area is 158 Å². The molecule has 0 aliphatic carbocycles. The Hall–Kier alpha value is -2.34. The Bertz CT molecular complexity index is 710. The lowest BCUT2D eigenvalue weighted by molar-refractivity contribution is -0.130. The summed E-state index contributed by atoms with van der Waals surface area (Å²) < 4.78 is 0. The second-order valence-electron chi connectivity index (χ2n) is 6.49. The van der Waals surface area contributed by atoms with Crippen LogP contribution in [0.3, 0.4) is 0 Å². The van der Waals surface area contributed by atoms with E-state index in [4.69, 9.17) is 0 Å². The molecule has 2 aromatic rings. The minimum absolute atomic E-state index is 0.0164. The van der Waals surface area contributed by atoms with Gasteiger partial charge in [0, 0.05) is 42.3 Å². The van der Waals surface area contributed by atoms with Crippen molar-refractivity contribution < 1.29 is 9.59 Å². The molecule has 1 aromatic carbocycles. The average Bonchev–Trinajstić information content (AvgIpc) is 3.22. The molecular formula is C20H25N3O2S. The molecule has 0 unspecified atom stereocenters. The van der Waals surface area contributed by atoms with E-state index in [0.717, 1.165) is 30.6 Å². The highest BCUT2D eigenvalue weighted by Gasteiger charge is 2.25. The molecule has 0 atom stereocenters. The summed E-state index contributed by atoms with van der Waals surface area (Å²) in [6, 6.07) is 12.0. The number of likely N-dealkylation sites (N-methyl/N-ethyl adjacent to an activating group) is 1. The highest BCUT2D eigenvalue weighted by Crippen LogP contribution is 2.16. The van der Waals surface area contributed by atoms with Gasteiger partial charge in [-0.1, -0.05) is 18.2 Å². The van der Waals surface area contributed by atoms with Gasteiger partial charge in [-0.15, -0.1) is 0 Å². The van der Waals surface area contributed by atoms with E-state index >= 15 is 0 Å². The molecule has 1 aliphatic rings. The summed E-state index contributed by atoms with van der Waals surface area (Å²) in [5.41, 5.74) is 1.79. The van der Waals surface area contributed by atoms with Crippen LogP contribution in [0.2, 0.25) is 0 Å². The molecule has 26 heavy (non-hydrogen) atoms. The lowest BCUT2D eigenvalue weighted by Gasteiger charge is -2.34. The number of likely N-dealkylation sites (tertiary alicyclic amines) is 1. The number of benzene rings is 1. The van der Waals surface area contributed by atoms with Gasteiger partial charge in [0.1, 0.15) is 0 Å². The van der Waals surface area contributed by atoms with Crippen LogP contribution in [0.1, 0.15) is 30.1 Å². The second kappa shape index (κ2) is 8.85. The number of carbonyl (C=O) groups is 2. The molecule has 1 saturated heterocycles. The maximum absolute atomic E-state index is 12.7. The maximum atomic E-state index is 12.7. The van der Waals surface area contributed by atoms with Crippen molar-refractivity contribution in [3.8, 4) is 0 Å². The van der Waals surface area contributed by atoms with Crippen LogP contribution in [0.5, 0.6) is 0 Å². The van der Waals surface area contributed by atoms with Crippen LogP contribution >= 0.6 is 11.3 Å². The maximum Gasteiger partial charge on any atom is 0.252 e. The topological polar surface area (TPSA) is 52.7 Å². The molecule has 3 rings (SSSR count). The highest BCUT2D eigenvalue weighted by atomic mass is 32.1. The zero-order chi connectivity index (χ0) is 18.4. The predicted molar refractivity (Wildman–Crippen MR) is 106 cm³/mol. The van der Waals surface area contributed by atoms with Crippen molar-refractivity contribution in [2.75, 3.05) is 31.1 Å². The van der Waals surface area contributed by atoms with E-state index < -0.39 is 0 Å². The molecule has 2 amide bonds. The van der Waals surface area contributed by atoms with E-state index in [1.807, 2.05) is 52.1 Å². The van der Waals surface area contributed by atoms with Gasteiger partial charge in [0.2, 0.25) is 5.91 Å². The third-order valence-electron chi connectivity index (χ3n) is 4.80. The van der Waals surface area contributed by atoms with Crippen molar-refractivity contribution in [3.63, 3.8) is 0 Å². The van der Waals surface area contributed by atoms with Gasteiger partial charge in [-0.3, -0.25) is 9.59 Å². The average molecular weight is 372 g/mol. The Balaban J connectivity index is 1.48. The van der Waals surface area contributed by atoms with Gasteiger partial charge in [-0.2, -0.15) is 11.3 Å². The Morgan fingerprint density at radius 3 is 2.54 bits per heavy atom. The molecule has 5 nitrogen and oxygen atoms in total. The number of anilines is 1. The molecule has 1 aromatic heterocycles. The Morgan fingerprint density at radius 2 is 1.92 bits per heavy atom. The van der Waals surface area contributed by atoms with Crippen molar-refractivity contribution in [3.05, 3.63) is 52.7 Å². The van der Waals surface area contributed by atoms with E-state index in [-0.39, 0.29) is 17.9 Å². The molecule has 138 valence electrons. The first-order chi connectivity index (χ1) is 12.7. The number of amides is 2. The van der Waals surface area contributed by atoms with Crippen molar-refractivity contribution >= 4 is 28.8 Å². The fourth-order valence-corrected chi connectivity index (χ4v) is 3.86. The number of piperidine rings is 1. The molecule has 0 bridgehead atoms. The van der Waals surface area contributed by atoms with Gasteiger partial charge in [0.25, 0.3) is 5.91 Å². The SMILES string of the molecule is CCN(CC(=O)N1CCC(NC(=O)c2ccsc2)CC1)c1ccccc1. The van der Waals surface area contributed by atoms with Crippen molar-refractivity contribution in [1.82, 2.24) is 10.2 Å². The predicted octanol–water partition coefficient (Wildman–Crippen LogP) is 3.00. The van der Waals surface area contributed by atoms with Crippen LogP contribution in [0.15, 0.2) is 47.2 Å². The quantitative estimate of drug-likeness (QED) is 0.849. The third kappa shape index (κ3) is 4.64. The monoisotopic (exact) mass is 371 g/mol. The van der Waals surface area contributed by atoms with Crippen LogP contribution in [0, 0.1) is 0 Å². The minimum Gasteiger partial charge on any atom is -0.362 e. The molecule has 1 aliphatic heterocycles. The molecule has 0 saturated carbocycles. The van der Waals surface area contributed by atoms with Crippen LogP contribution in [0.4, 0.5) is 5.69 Å². The number of para-hydroxylation sites is 1. The lowest BCUT2D eigenvalue weighted by Crippen LogP contribution is -2.49. The number of hydrogen-bond donors (Lipinski definition) is 1. The number of rotatable bonds is 6.